The maximum absolute atomic E-state index is 11.1. The molecular weight excluding hydrogens is 230 g/mol. The molecule has 0 saturated heterocycles. The van der Waals surface area contributed by atoms with Crippen LogP contribution in [0.2, 0.25) is 0 Å². The number of hydroxylamine groups is 2. The quantitative estimate of drug-likeness (QED) is 0.572. The average molecular weight is 249 g/mol. The first kappa shape index (κ1) is 14.4. The highest BCUT2D eigenvalue weighted by molar-refractivity contribution is 5.63. The highest BCUT2D eigenvalue weighted by Crippen LogP contribution is 2.13. The molecule has 0 aliphatic rings. The van der Waals surface area contributed by atoms with Crippen molar-refractivity contribution in [3.63, 3.8) is 0 Å². The van der Waals surface area contributed by atoms with Gasteiger partial charge in [-0.05, 0) is 26.3 Å². The van der Waals surface area contributed by atoms with Gasteiger partial charge in [-0.2, -0.15) is 0 Å². The Morgan fingerprint density at radius 1 is 1.22 bits per heavy atom. The van der Waals surface area contributed by atoms with Gasteiger partial charge >= 0.3 is 0 Å². The molecule has 0 saturated carbocycles. The molecule has 0 heterocycles. The number of carbonyl (C=O) groups is 2. The van der Waals surface area contributed by atoms with Crippen LogP contribution in [0, 0.1) is 0 Å². The maximum atomic E-state index is 11.1. The van der Waals surface area contributed by atoms with E-state index in [1.165, 1.54) is 0 Å². The van der Waals surface area contributed by atoms with E-state index < -0.39 is 11.6 Å². The third kappa shape index (κ3) is 4.67. The summed E-state index contributed by atoms with van der Waals surface area (Å²) in [4.78, 5) is 27.6. The van der Waals surface area contributed by atoms with Gasteiger partial charge in [-0.25, -0.2) is 5.06 Å². The van der Waals surface area contributed by atoms with E-state index in [0.29, 0.717) is 12.8 Å². The molecule has 4 heteroatoms. The first-order valence-electron chi connectivity index (χ1n) is 5.88. The summed E-state index contributed by atoms with van der Waals surface area (Å²) in [5.41, 5.74) is 0.470. The van der Waals surface area contributed by atoms with Crippen molar-refractivity contribution in [1.82, 2.24) is 5.06 Å². The van der Waals surface area contributed by atoms with Gasteiger partial charge in [-0.15, -0.1) is 0 Å². The molecule has 0 aliphatic carbocycles. The molecule has 1 unspecified atom stereocenters. The van der Waals surface area contributed by atoms with Crippen molar-refractivity contribution in [2.45, 2.75) is 38.8 Å². The van der Waals surface area contributed by atoms with Gasteiger partial charge in [0.05, 0.1) is 5.60 Å². The largest absolute Gasteiger partial charge is 0.301 e. The topological polar surface area (TPSA) is 46.6 Å². The molecular formula is C14H19NO3. The molecule has 0 fully saturated rings. The van der Waals surface area contributed by atoms with Crippen LogP contribution in [0.4, 0.5) is 0 Å². The second kappa shape index (κ2) is 6.31. The van der Waals surface area contributed by atoms with Crippen LogP contribution in [0.25, 0.3) is 0 Å². The Balaban J connectivity index is 2.75. The van der Waals surface area contributed by atoms with Crippen LogP contribution < -0.4 is 0 Å². The fraction of sp³-hybridized carbons (Fsp3) is 0.429. The van der Waals surface area contributed by atoms with E-state index in [2.05, 4.69) is 0 Å². The molecule has 1 amide bonds. The summed E-state index contributed by atoms with van der Waals surface area (Å²) < 4.78 is 0. The summed E-state index contributed by atoms with van der Waals surface area (Å²) in [6.07, 6.45) is 1.72. The number of hydrogen-bond acceptors (Lipinski definition) is 3. The van der Waals surface area contributed by atoms with Crippen molar-refractivity contribution in [1.29, 1.82) is 0 Å². The van der Waals surface area contributed by atoms with E-state index in [0.717, 1.165) is 16.9 Å². The summed E-state index contributed by atoms with van der Waals surface area (Å²) in [6, 6.07) is 8.92. The zero-order valence-electron chi connectivity index (χ0n) is 11.0. The third-order valence-corrected chi connectivity index (χ3v) is 2.25. The van der Waals surface area contributed by atoms with Crippen molar-refractivity contribution in [3.05, 3.63) is 35.9 Å². The molecule has 1 aromatic carbocycles. The van der Waals surface area contributed by atoms with Crippen LogP contribution >= 0.6 is 0 Å². The van der Waals surface area contributed by atoms with Crippen molar-refractivity contribution < 1.29 is 14.4 Å². The van der Waals surface area contributed by atoms with Gasteiger partial charge in [0.15, 0.2) is 0 Å². The number of rotatable bonds is 6. The van der Waals surface area contributed by atoms with Crippen molar-refractivity contribution in [3.8, 4) is 0 Å². The van der Waals surface area contributed by atoms with Gasteiger partial charge in [-0.3, -0.25) is 9.63 Å². The first-order chi connectivity index (χ1) is 8.46. The summed E-state index contributed by atoms with van der Waals surface area (Å²) in [6.45, 7) is 5.48. The van der Waals surface area contributed by atoms with Gasteiger partial charge in [0.1, 0.15) is 12.3 Å². The molecule has 0 spiro atoms. The van der Waals surface area contributed by atoms with E-state index in [4.69, 9.17) is 4.84 Å². The van der Waals surface area contributed by atoms with Gasteiger partial charge < -0.3 is 4.79 Å². The summed E-state index contributed by atoms with van der Waals surface area (Å²) >= 11 is 0. The molecule has 18 heavy (non-hydrogen) atoms. The van der Waals surface area contributed by atoms with Crippen molar-refractivity contribution >= 4 is 12.7 Å². The van der Waals surface area contributed by atoms with Crippen LogP contribution in [0.3, 0.4) is 0 Å². The fourth-order valence-corrected chi connectivity index (χ4v) is 1.54. The summed E-state index contributed by atoms with van der Waals surface area (Å²) in [5, 5.41) is 1.08. The first-order valence-corrected chi connectivity index (χ1v) is 5.88. The number of benzene rings is 1. The van der Waals surface area contributed by atoms with Gasteiger partial charge in [-0.1, -0.05) is 30.3 Å². The zero-order valence-corrected chi connectivity index (χ0v) is 11.0. The minimum absolute atomic E-state index is 0.444. The molecule has 0 bridgehead atoms. The zero-order chi connectivity index (χ0) is 13.6. The lowest BCUT2D eigenvalue weighted by Gasteiger charge is -2.30. The molecule has 0 aliphatic heterocycles. The second-order valence-electron chi connectivity index (χ2n) is 5.06. The molecule has 98 valence electrons. The van der Waals surface area contributed by atoms with Gasteiger partial charge in [0, 0.05) is 6.42 Å². The SMILES string of the molecule is CC(C)(C)ON(C=O)C(C=O)Cc1ccccc1. The fourth-order valence-electron chi connectivity index (χ4n) is 1.54. The van der Waals surface area contributed by atoms with E-state index in [1.807, 2.05) is 51.1 Å². The Morgan fingerprint density at radius 2 is 1.83 bits per heavy atom. The van der Waals surface area contributed by atoms with Crippen LogP contribution in [-0.4, -0.2) is 29.4 Å². The molecule has 0 radical (unpaired) electrons. The smallest absolute Gasteiger partial charge is 0.234 e. The average Bonchev–Trinajstić information content (AvgIpc) is 2.33. The molecule has 0 N–H and O–H groups in total. The Kier molecular flexibility index (Phi) is 5.04. The summed E-state index contributed by atoms with van der Waals surface area (Å²) in [5.74, 6) is 0. The van der Waals surface area contributed by atoms with Gasteiger partial charge in [0.25, 0.3) is 0 Å². The minimum Gasteiger partial charge on any atom is -0.301 e. The second-order valence-corrected chi connectivity index (χ2v) is 5.06. The Bertz CT molecular complexity index is 384. The van der Waals surface area contributed by atoms with E-state index >= 15 is 0 Å². The normalized spacial score (nSPS) is 12.8. The van der Waals surface area contributed by atoms with Crippen molar-refractivity contribution in [2.75, 3.05) is 0 Å². The standard InChI is InChI=1S/C14H19NO3/c1-14(2,3)18-15(11-17)13(10-16)9-12-7-5-4-6-8-12/h4-8,10-11,13H,9H2,1-3H3. The van der Waals surface area contributed by atoms with Crippen LogP contribution in [0.15, 0.2) is 30.3 Å². The van der Waals surface area contributed by atoms with E-state index in [-0.39, 0.29) is 0 Å². The maximum Gasteiger partial charge on any atom is 0.234 e. The monoisotopic (exact) mass is 249 g/mol. The van der Waals surface area contributed by atoms with Gasteiger partial charge in [0.2, 0.25) is 6.41 Å². The number of hydrogen-bond donors (Lipinski definition) is 0. The number of aldehydes is 1. The highest BCUT2D eigenvalue weighted by atomic mass is 16.7. The van der Waals surface area contributed by atoms with Crippen LogP contribution in [0.1, 0.15) is 26.3 Å². The lowest BCUT2D eigenvalue weighted by molar-refractivity contribution is -0.228. The van der Waals surface area contributed by atoms with E-state index in [1.54, 1.807) is 0 Å². The predicted octanol–water partition coefficient (Wildman–Crippen LogP) is 1.99. The number of amides is 1. The number of carbonyl (C=O) groups excluding carboxylic acids is 2. The molecule has 1 aromatic rings. The lowest BCUT2D eigenvalue weighted by atomic mass is 10.1. The molecule has 1 atom stereocenters. The van der Waals surface area contributed by atoms with Crippen LogP contribution in [-0.2, 0) is 20.8 Å². The number of nitrogens with zero attached hydrogens (tertiary/aromatic N) is 1. The molecule has 0 aromatic heterocycles. The highest BCUT2D eigenvalue weighted by Gasteiger charge is 2.23. The summed E-state index contributed by atoms with van der Waals surface area (Å²) in [7, 11) is 0. The van der Waals surface area contributed by atoms with Crippen molar-refractivity contribution in [2.24, 2.45) is 0 Å². The lowest BCUT2D eigenvalue weighted by Crippen LogP contribution is -2.42. The van der Waals surface area contributed by atoms with E-state index in [9.17, 15) is 9.59 Å². The minimum atomic E-state index is -0.607. The Labute approximate surface area is 108 Å². The molecule has 1 rings (SSSR count). The predicted molar refractivity (Wildman–Crippen MR) is 68.7 cm³/mol. The Morgan fingerprint density at radius 3 is 2.28 bits per heavy atom. The van der Waals surface area contributed by atoms with Crippen LogP contribution in [0.5, 0.6) is 0 Å². The molecule has 4 nitrogen and oxygen atoms in total. The third-order valence-electron chi connectivity index (χ3n) is 2.25. The Hall–Kier alpha value is -1.68.